The second-order valence-corrected chi connectivity index (χ2v) is 9.62. The minimum absolute atomic E-state index is 0.271. The number of hydrogen-bond donors (Lipinski definition) is 1. The Hall–Kier alpha value is -2.87. The van der Waals surface area contributed by atoms with E-state index in [0.717, 1.165) is 6.92 Å². The summed E-state index contributed by atoms with van der Waals surface area (Å²) in [5.41, 5.74) is -27.7. The van der Waals surface area contributed by atoms with Crippen LogP contribution in [-0.2, 0) is 28.6 Å². The molecule has 4 atom stereocenters. The number of alkyl halides is 14. The predicted octanol–water partition coefficient (Wildman–Crippen LogP) is 4.06. The zero-order valence-corrected chi connectivity index (χ0v) is 20.8. The second kappa shape index (κ2) is 9.83. The van der Waals surface area contributed by atoms with Gasteiger partial charge in [0.2, 0.25) is 5.41 Å². The van der Waals surface area contributed by atoms with Gasteiger partial charge in [-0.3, -0.25) is 0 Å². The summed E-state index contributed by atoms with van der Waals surface area (Å²) < 4.78 is 221. The van der Waals surface area contributed by atoms with Gasteiger partial charge in [-0.25, -0.2) is 67.1 Å². The van der Waals surface area contributed by atoms with E-state index in [2.05, 4.69) is 20.8 Å². The lowest BCUT2D eigenvalue weighted by molar-refractivity contribution is -0.552. The van der Waals surface area contributed by atoms with Gasteiger partial charge in [0, 0.05) is 5.57 Å². The van der Waals surface area contributed by atoms with Crippen LogP contribution < -0.4 is 0 Å². The van der Waals surface area contributed by atoms with Crippen molar-refractivity contribution in [3.8, 4) is 0 Å². The van der Waals surface area contributed by atoms with Crippen molar-refractivity contribution in [2.75, 3.05) is 26.4 Å². The average molecular weight is 648 g/mol. The summed E-state index contributed by atoms with van der Waals surface area (Å²) in [6.45, 7) is -6.62. The van der Waals surface area contributed by atoms with Crippen molar-refractivity contribution in [1.82, 2.24) is 0 Å². The number of ether oxygens (including phenoxy) is 3. The molecule has 4 unspecified atom stereocenters. The van der Waals surface area contributed by atoms with Crippen LogP contribution in [0.1, 0.15) is 13.8 Å². The number of aliphatic hydroxyl groups excluding tert-OH is 1. The molecule has 0 aromatic heterocycles. The van der Waals surface area contributed by atoms with Gasteiger partial charge in [0.05, 0.1) is 6.61 Å². The Morgan fingerprint density at radius 1 is 0.714 bits per heavy atom. The van der Waals surface area contributed by atoms with Crippen LogP contribution in [0.4, 0.5) is 61.5 Å². The first-order valence-corrected chi connectivity index (χ1v) is 10.9. The van der Waals surface area contributed by atoms with E-state index in [0.29, 0.717) is 0 Å². The van der Waals surface area contributed by atoms with Crippen molar-refractivity contribution in [2.24, 2.45) is 10.8 Å². The lowest BCUT2D eigenvalue weighted by Gasteiger charge is -2.69. The minimum atomic E-state index is -7.87. The Morgan fingerprint density at radius 3 is 1.60 bits per heavy atom. The van der Waals surface area contributed by atoms with Crippen LogP contribution >= 0.6 is 0 Å². The first kappa shape index (κ1) is 35.3. The number of carbonyl (C=O) groups is 3. The summed E-state index contributed by atoms with van der Waals surface area (Å²) in [7, 11) is 0. The molecule has 0 aromatic carbocycles. The van der Waals surface area contributed by atoms with Crippen molar-refractivity contribution in [1.29, 1.82) is 0 Å². The smallest absolute Gasteiger partial charge is 0.344 e. The summed E-state index contributed by atoms with van der Waals surface area (Å²) in [6.07, 6.45) is -6.11. The molecule has 0 heterocycles. The number of rotatable bonds is 9. The maximum atomic E-state index is 15.5. The first-order chi connectivity index (χ1) is 18.6. The fraction of sp³-hybridized carbons (Fsp3) is 0.762. The van der Waals surface area contributed by atoms with Crippen LogP contribution in [0.25, 0.3) is 0 Å². The van der Waals surface area contributed by atoms with Gasteiger partial charge in [-0.05, 0) is 13.8 Å². The van der Waals surface area contributed by atoms with Crippen LogP contribution in [-0.4, -0.2) is 96.8 Å². The van der Waals surface area contributed by atoms with Crippen molar-refractivity contribution in [2.45, 2.75) is 61.2 Å². The molecule has 0 saturated heterocycles. The lowest BCUT2D eigenvalue weighted by atomic mass is 9.42. The van der Waals surface area contributed by atoms with E-state index in [1.807, 2.05) is 0 Å². The number of esters is 3. The molecule has 0 aliphatic heterocycles. The van der Waals surface area contributed by atoms with E-state index in [1.54, 1.807) is 0 Å². The highest BCUT2D eigenvalue weighted by atomic mass is 19.3. The third kappa shape index (κ3) is 3.59. The highest BCUT2D eigenvalue weighted by molar-refractivity contribution is 5.88. The highest BCUT2D eigenvalue weighted by Crippen LogP contribution is 2.84. The zero-order valence-electron chi connectivity index (χ0n) is 20.8. The molecule has 2 bridgehead atoms. The van der Waals surface area contributed by atoms with Gasteiger partial charge < -0.3 is 19.3 Å². The summed E-state index contributed by atoms with van der Waals surface area (Å²) >= 11 is 0. The van der Waals surface area contributed by atoms with Crippen LogP contribution in [0.15, 0.2) is 12.2 Å². The molecule has 242 valence electrons. The molecular weight excluding hydrogens is 630 g/mol. The van der Waals surface area contributed by atoms with E-state index in [4.69, 9.17) is 0 Å². The molecule has 0 amide bonds. The fourth-order valence-electron chi connectivity index (χ4n) is 4.69. The van der Waals surface area contributed by atoms with Gasteiger partial charge in [0.1, 0.15) is 12.0 Å². The molecule has 2 rings (SSSR count). The van der Waals surface area contributed by atoms with Gasteiger partial charge in [0.25, 0.3) is 12.3 Å². The molecule has 0 radical (unpaired) electrons. The van der Waals surface area contributed by atoms with Gasteiger partial charge >= 0.3 is 52.9 Å². The Labute approximate surface area is 224 Å². The van der Waals surface area contributed by atoms with Gasteiger partial charge in [0.15, 0.2) is 13.2 Å². The monoisotopic (exact) mass is 648 g/mol. The average Bonchev–Trinajstić information content (AvgIpc) is 2.86. The Kier molecular flexibility index (Phi) is 8.27. The van der Waals surface area contributed by atoms with Gasteiger partial charge in [-0.1, -0.05) is 6.58 Å². The van der Waals surface area contributed by atoms with E-state index < -0.39 is 109 Å². The number of carbonyl (C=O) groups excluding carboxylic acids is 3. The van der Waals surface area contributed by atoms with Crippen LogP contribution in [0, 0.1) is 10.8 Å². The van der Waals surface area contributed by atoms with E-state index in [1.165, 1.54) is 0 Å². The quantitative estimate of drug-likeness (QED) is 0.174. The molecule has 0 spiro atoms. The number of hydrogen-bond acceptors (Lipinski definition) is 7. The SMILES string of the molecule is C=C(C)C(=O)OCC(=O)OCC(=O)OCC12C(F)(F)C(C)(CO)C(F)(F)C(F)(C(F)(F)C(F)(C(F)F)C1(F)F)C2(F)F. The van der Waals surface area contributed by atoms with Gasteiger partial charge in [-0.15, -0.1) is 0 Å². The van der Waals surface area contributed by atoms with Crippen molar-refractivity contribution >= 4 is 17.9 Å². The molecule has 0 aromatic rings. The molecule has 21 heteroatoms. The first-order valence-electron chi connectivity index (χ1n) is 10.9. The standard InChI is InChI=1S/C21H18F14O7/c1-8(2)11(39)41-5-9(37)40-4-10(38)42-7-14-17(26,27)13(3,6-36)18(28,29)16(25,20(14,32)33)21(34,35)15(24,12(22)23)19(14,30)31/h12,36H,1,4-7H2,2-3H3. The Balaban J connectivity index is 2.71. The Bertz CT molecular complexity index is 1150. The van der Waals surface area contributed by atoms with Gasteiger partial charge in [-0.2, -0.15) is 8.78 Å². The summed E-state index contributed by atoms with van der Waals surface area (Å²) in [4.78, 5) is 34.5. The normalized spacial score (nSPS) is 35.2. The molecule has 1 N–H and O–H groups in total. The third-order valence-corrected chi connectivity index (χ3v) is 7.29. The number of fused-ring (bicyclic) bond motifs is 2. The van der Waals surface area contributed by atoms with Crippen molar-refractivity contribution < 1.29 is 95.2 Å². The highest BCUT2D eigenvalue weighted by Gasteiger charge is 3.12. The predicted molar refractivity (Wildman–Crippen MR) is 104 cm³/mol. The zero-order chi connectivity index (χ0) is 33.3. The molecule has 2 aliphatic carbocycles. The van der Waals surface area contributed by atoms with Crippen LogP contribution in [0.3, 0.4) is 0 Å². The second-order valence-electron chi connectivity index (χ2n) is 9.62. The molecule has 42 heavy (non-hydrogen) atoms. The fourth-order valence-corrected chi connectivity index (χ4v) is 4.69. The van der Waals surface area contributed by atoms with Crippen LogP contribution in [0.5, 0.6) is 0 Å². The maximum Gasteiger partial charge on any atom is 0.344 e. The van der Waals surface area contributed by atoms with Crippen molar-refractivity contribution in [3.05, 3.63) is 12.2 Å². The lowest BCUT2D eigenvalue weighted by Crippen LogP contribution is -2.98. The van der Waals surface area contributed by atoms with Crippen molar-refractivity contribution in [3.63, 3.8) is 0 Å². The van der Waals surface area contributed by atoms with Crippen LogP contribution in [0.2, 0.25) is 0 Å². The minimum Gasteiger partial charge on any atom is -0.462 e. The van der Waals surface area contributed by atoms with E-state index in [-0.39, 0.29) is 5.57 Å². The summed E-state index contributed by atoms with van der Waals surface area (Å²) in [5.74, 6) is -42.6. The number of halogens is 14. The molecule has 2 aliphatic rings. The van der Waals surface area contributed by atoms with E-state index >= 15 is 35.1 Å². The summed E-state index contributed by atoms with van der Waals surface area (Å²) in [5, 5.41) is 9.19. The van der Waals surface area contributed by atoms with E-state index in [9.17, 15) is 45.8 Å². The Morgan fingerprint density at radius 2 is 1.17 bits per heavy atom. The summed E-state index contributed by atoms with van der Waals surface area (Å²) in [6, 6.07) is 0. The molecule has 2 fully saturated rings. The molecule has 7 nitrogen and oxygen atoms in total. The topological polar surface area (TPSA) is 99.1 Å². The maximum absolute atomic E-state index is 15.5. The molecular formula is C21H18F14O7. The molecule has 2 saturated carbocycles. The number of aliphatic hydroxyl groups is 1. The third-order valence-electron chi connectivity index (χ3n) is 7.29. The largest absolute Gasteiger partial charge is 0.462 e.